The molecule has 1 heterocycles. The van der Waals surface area contributed by atoms with Gasteiger partial charge in [0.25, 0.3) is 0 Å². The normalized spacial score (nSPS) is 19.8. The van der Waals surface area contributed by atoms with Crippen molar-refractivity contribution < 1.29 is 13.9 Å². The molecule has 1 aromatic carbocycles. The van der Waals surface area contributed by atoms with Crippen LogP contribution in [0.2, 0.25) is 0 Å². The number of benzene rings is 1. The summed E-state index contributed by atoms with van der Waals surface area (Å²) in [5.74, 6) is -0.189. The van der Waals surface area contributed by atoms with Crippen LogP contribution in [0.25, 0.3) is 0 Å². The highest BCUT2D eigenvalue weighted by Gasteiger charge is 2.21. The lowest BCUT2D eigenvalue weighted by atomic mass is 10.1. The molecule has 18 heavy (non-hydrogen) atoms. The summed E-state index contributed by atoms with van der Waals surface area (Å²) >= 11 is 0. The van der Waals surface area contributed by atoms with Gasteiger partial charge in [0.15, 0.2) is 0 Å². The molecule has 3 nitrogen and oxygen atoms in total. The lowest BCUT2D eigenvalue weighted by Crippen LogP contribution is -2.35. The molecule has 0 aromatic heterocycles. The molecule has 0 unspecified atom stereocenters. The van der Waals surface area contributed by atoms with Gasteiger partial charge in [0.1, 0.15) is 11.9 Å². The van der Waals surface area contributed by atoms with Crippen molar-refractivity contribution in [1.29, 1.82) is 0 Å². The summed E-state index contributed by atoms with van der Waals surface area (Å²) in [6.45, 7) is 2.40. The van der Waals surface area contributed by atoms with Gasteiger partial charge in [-0.2, -0.15) is 0 Å². The van der Waals surface area contributed by atoms with E-state index in [1.54, 1.807) is 0 Å². The van der Waals surface area contributed by atoms with E-state index in [0.717, 1.165) is 12.1 Å². The Bertz CT molecular complexity index is 416. The molecule has 0 atom stereocenters. The van der Waals surface area contributed by atoms with Crippen molar-refractivity contribution in [3.8, 4) is 0 Å². The Balaban J connectivity index is 1.57. The fraction of sp³-hybridized carbons (Fsp3) is 0.571. The fourth-order valence-corrected chi connectivity index (χ4v) is 1.92. The van der Waals surface area contributed by atoms with E-state index in [0.29, 0.717) is 31.4 Å². The van der Waals surface area contributed by atoms with E-state index in [4.69, 9.17) is 9.47 Å². The Hall–Kier alpha value is -0.970. The van der Waals surface area contributed by atoms with Crippen LogP contribution >= 0.6 is 0 Å². The first-order valence-electron chi connectivity index (χ1n) is 6.51. The molecule has 0 amide bonds. The molecule has 1 saturated heterocycles. The van der Waals surface area contributed by atoms with Crippen molar-refractivity contribution >= 4 is 0 Å². The minimum absolute atomic E-state index is 0.137. The zero-order chi connectivity index (χ0) is 12.4. The zero-order valence-electron chi connectivity index (χ0n) is 10.3. The minimum atomic E-state index is -0.189. The van der Waals surface area contributed by atoms with Gasteiger partial charge in [-0.15, -0.1) is 0 Å². The second kappa shape index (κ2) is 5.34. The number of hydrogen-bond acceptors (Lipinski definition) is 3. The average molecular weight is 251 g/mol. The van der Waals surface area contributed by atoms with Crippen molar-refractivity contribution in [1.82, 2.24) is 5.32 Å². The Labute approximate surface area is 106 Å². The number of nitrogens with one attached hydrogen (secondary N) is 1. The fourth-order valence-electron chi connectivity index (χ4n) is 1.92. The standard InChI is InChI=1S/C14H18FNO2/c15-14-4-1-10(6-16-12-2-3-12)5-11(14)7-18-13-8-17-9-13/h1,4-5,12-13,16H,2-3,6-9H2. The molecule has 0 bridgehead atoms. The largest absolute Gasteiger partial charge is 0.376 e. The Kier molecular flexibility index (Phi) is 3.59. The Morgan fingerprint density at radius 2 is 2.17 bits per heavy atom. The van der Waals surface area contributed by atoms with Crippen LogP contribution < -0.4 is 5.32 Å². The third-order valence-electron chi connectivity index (χ3n) is 3.36. The molecule has 0 spiro atoms. The third kappa shape index (κ3) is 3.07. The minimum Gasteiger partial charge on any atom is -0.376 e. The highest BCUT2D eigenvalue weighted by Crippen LogP contribution is 2.20. The second-order valence-corrected chi connectivity index (χ2v) is 5.05. The smallest absolute Gasteiger partial charge is 0.128 e. The zero-order valence-corrected chi connectivity index (χ0v) is 10.3. The maximum atomic E-state index is 13.6. The number of hydrogen-bond donors (Lipinski definition) is 1. The van der Waals surface area contributed by atoms with Crippen molar-refractivity contribution in [2.75, 3.05) is 13.2 Å². The molecule has 2 aliphatic rings. The van der Waals surface area contributed by atoms with Gasteiger partial charge in [-0.1, -0.05) is 6.07 Å². The topological polar surface area (TPSA) is 30.5 Å². The van der Waals surface area contributed by atoms with Crippen molar-refractivity contribution in [3.63, 3.8) is 0 Å². The van der Waals surface area contributed by atoms with E-state index in [2.05, 4.69) is 5.32 Å². The summed E-state index contributed by atoms with van der Waals surface area (Å²) in [5, 5.41) is 3.42. The van der Waals surface area contributed by atoms with Crippen molar-refractivity contribution in [2.24, 2.45) is 0 Å². The van der Waals surface area contributed by atoms with Gasteiger partial charge in [0, 0.05) is 18.2 Å². The summed E-state index contributed by atoms with van der Waals surface area (Å²) < 4.78 is 24.2. The molecule has 1 N–H and O–H groups in total. The molecule has 2 fully saturated rings. The van der Waals surface area contributed by atoms with Crippen LogP contribution in [0.3, 0.4) is 0 Å². The van der Waals surface area contributed by atoms with Gasteiger partial charge in [-0.3, -0.25) is 0 Å². The highest BCUT2D eigenvalue weighted by atomic mass is 19.1. The molecule has 98 valence electrons. The van der Waals surface area contributed by atoms with Gasteiger partial charge < -0.3 is 14.8 Å². The van der Waals surface area contributed by atoms with Crippen molar-refractivity contribution in [2.45, 2.75) is 38.1 Å². The monoisotopic (exact) mass is 251 g/mol. The van der Waals surface area contributed by atoms with E-state index in [1.165, 1.54) is 18.9 Å². The van der Waals surface area contributed by atoms with E-state index < -0.39 is 0 Å². The average Bonchev–Trinajstić information content (AvgIpc) is 3.11. The molecule has 0 radical (unpaired) electrons. The van der Waals surface area contributed by atoms with E-state index in [1.807, 2.05) is 12.1 Å². The van der Waals surface area contributed by atoms with E-state index in [-0.39, 0.29) is 11.9 Å². The molecule has 1 aliphatic heterocycles. The van der Waals surface area contributed by atoms with E-state index >= 15 is 0 Å². The van der Waals surface area contributed by atoms with Crippen LogP contribution in [0.4, 0.5) is 4.39 Å². The molecule has 3 rings (SSSR count). The van der Waals surface area contributed by atoms with Crippen LogP contribution in [0.1, 0.15) is 24.0 Å². The molecule has 1 aliphatic carbocycles. The first-order valence-corrected chi connectivity index (χ1v) is 6.51. The maximum Gasteiger partial charge on any atom is 0.128 e. The first-order chi connectivity index (χ1) is 8.81. The predicted molar refractivity (Wildman–Crippen MR) is 65.7 cm³/mol. The molecular formula is C14H18FNO2. The van der Waals surface area contributed by atoms with Gasteiger partial charge in [0.05, 0.1) is 19.8 Å². The Morgan fingerprint density at radius 1 is 1.33 bits per heavy atom. The van der Waals surface area contributed by atoms with Crippen LogP contribution in [0.5, 0.6) is 0 Å². The van der Waals surface area contributed by atoms with Crippen LogP contribution in [-0.2, 0) is 22.6 Å². The maximum absolute atomic E-state index is 13.6. The molecular weight excluding hydrogens is 233 g/mol. The third-order valence-corrected chi connectivity index (χ3v) is 3.36. The summed E-state index contributed by atoms with van der Waals surface area (Å²) in [5.41, 5.74) is 1.75. The number of halogens is 1. The van der Waals surface area contributed by atoms with Gasteiger partial charge in [0.2, 0.25) is 0 Å². The summed E-state index contributed by atoms with van der Waals surface area (Å²) in [6, 6.07) is 5.92. The predicted octanol–water partition coefficient (Wildman–Crippen LogP) is 1.99. The van der Waals surface area contributed by atoms with Gasteiger partial charge in [-0.25, -0.2) is 4.39 Å². The van der Waals surface area contributed by atoms with Crippen LogP contribution in [0.15, 0.2) is 18.2 Å². The highest BCUT2D eigenvalue weighted by molar-refractivity contribution is 5.24. The SMILES string of the molecule is Fc1ccc(CNC2CC2)cc1COC1COC1. The summed E-state index contributed by atoms with van der Waals surface area (Å²) in [7, 11) is 0. The molecule has 1 saturated carbocycles. The summed E-state index contributed by atoms with van der Waals surface area (Å²) in [4.78, 5) is 0. The lowest BCUT2D eigenvalue weighted by Gasteiger charge is -2.26. The molecule has 4 heteroatoms. The Morgan fingerprint density at radius 3 is 2.83 bits per heavy atom. The quantitative estimate of drug-likeness (QED) is 0.838. The van der Waals surface area contributed by atoms with Gasteiger partial charge >= 0.3 is 0 Å². The molecule has 1 aromatic rings. The van der Waals surface area contributed by atoms with E-state index in [9.17, 15) is 4.39 Å². The summed E-state index contributed by atoms with van der Waals surface area (Å²) in [6.07, 6.45) is 2.66. The number of rotatable bonds is 6. The van der Waals surface area contributed by atoms with Crippen molar-refractivity contribution in [3.05, 3.63) is 35.1 Å². The van der Waals surface area contributed by atoms with Crippen LogP contribution in [-0.4, -0.2) is 25.4 Å². The lowest BCUT2D eigenvalue weighted by molar-refractivity contribution is -0.135. The van der Waals surface area contributed by atoms with Crippen LogP contribution in [0, 0.1) is 5.82 Å². The number of ether oxygens (including phenoxy) is 2. The second-order valence-electron chi connectivity index (χ2n) is 5.05. The van der Waals surface area contributed by atoms with Gasteiger partial charge in [-0.05, 0) is 30.5 Å². The first kappa shape index (κ1) is 12.1.